The lowest BCUT2D eigenvalue weighted by molar-refractivity contribution is 0.0990. The van der Waals surface area contributed by atoms with Gasteiger partial charge in [-0.05, 0) is 24.6 Å². The number of rotatable bonds is 6. The number of nitrogens with zero attached hydrogens (tertiary/aromatic N) is 5. The van der Waals surface area contributed by atoms with Crippen LogP contribution in [0.15, 0.2) is 41.1 Å². The van der Waals surface area contributed by atoms with Crippen LogP contribution >= 0.6 is 0 Å². The van der Waals surface area contributed by atoms with Crippen LogP contribution in [0.2, 0.25) is 0 Å². The van der Waals surface area contributed by atoms with E-state index in [4.69, 9.17) is 10.3 Å². The molecule has 0 saturated carbocycles. The Labute approximate surface area is 165 Å². The number of primary amides is 1. The van der Waals surface area contributed by atoms with Crippen molar-refractivity contribution in [1.29, 1.82) is 0 Å². The van der Waals surface area contributed by atoms with Crippen molar-refractivity contribution >= 4 is 17.8 Å². The summed E-state index contributed by atoms with van der Waals surface area (Å²) >= 11 is 0. The third kappa shape index (κ3) is 3.68. The molecule has 1 aliphatic heterocycles. The first-order chi connectivity index (χ1) is 13.9. The van der Waals surface area contributed by atoms with E-state index in [9.17, 15) is 14.0 Å². The standard InChI is InChI=1S/C19H19FN6O3/c1-12-11-29-23-15(12)10-26-16(18(21)27)8-17(22-26)25-7-6-24(19(25)28)9-13-2-4-14(20)5-3-13/h2-5,8,11H,6-7,9-10H2,1H3,(H2,21,27). The van der Waals surface area contributed by atoms with Crippen LogP contribution in [0.3, 0.4) is 0 Å². The molecule has 3 aromatic rings. The van der Waals surface area contributed by atoms with Crippen molar-refractivity contribution in [2.24, 2.45) is 5.73 Å². The van der Waals surface area contributed by atoms with Gasteiger partial charge in [-0.15, -0.1) is 0 Å². The molecule has 29 heavy (non-hydrogen) atoms. The zero-order valence-corrected chi connectivity index (χ0v) is 15.7. The van der Waals surface area contributed by atoms with Crippen LogP contribution in [0.5, 0.6) is 0 Å². The van der Waals surface area contributed by atoms with Crippen LogP contribution in [0.25, 0.3) is 0 Å². The van der Waals surface area contributed by atoms with Gasteiger partial charge in [-0.1, -0.05) is 17.3 Å². The summed E-state index contributed by atoms with van der Waals surface area (Å²) in [5, 5.41) is 8.29. The van der Waals surface area contributed by atoms with Crippen LogP contribution in [-0.4, -0.2) is 44.9 Å². The van der Waals surface area contributed by atoms with E-state index >= 15 is 0 Å². The second-order valence-corrected chi connectivity index (χ2v) is 6.84. The summed E-state index contributed by atoms with van der Waals surface area (Å²) in [6.07, 6.45) is 1.50. The van der Waals surface area contributed by atoms with E-state index in [0.717, 1.165) is 11.1 Å². The number of hydrogen-bond acceptors (Lipinski definition) is 5. The van der Waals surface area contributed by atoms with Crippen molar-refractivity contribution in [1.82, 2.24) is 19.8 Å². The molecule has 0 bridgehead atoms. The highest BCUT2D eigenvalue weighted by Gasteiger charge is 2.32. The number of urea groups is 1. The summed E-state index contributed by atoms with van der Waals surface area (Å²) in [5.74, 6) is -0.638. The third-order valence-electron chi connectivity index (χ3n) is 4.82. The van der Waals surface area contributed by atoms with Crippen LogP contribution in [0.1, 0.15) is 27.3 Å². The lowest BCUT2D eigenvalue weighted by atomic mass is 10.2. The molecule has 4 rings (SSSR count). The number of carbonyl (C=O) groups is 2. The van der Waals surface area contributed by atoms with Gasteiger partial charge in [0, 0.05) is 31.3 Å². The van der Waals surface area contributed by atoms with E-state index in [2.05, 4.69) is 10.3 Å². The van der Waals surface area contributed by atoms with E-state index in [1.54, 1.807) is 17.0 Å². The van der Waals surface area contributed by atoms with Crippen LogP contribution in [-0.2, 0) is 13.1 Å². The summed E-state index contributed by atoms with van der Waals surface area (Å²) in [6.45, 7) is 3.28. The first-order valence-electron chi connectivity index (χ1n) is 9.01. The molecule has 3 heterocycles. The molecule has 0 unspecified atom stereocenters. The molecule has 9 nitrogen and oxygen atoms in total. The van der Waals surface area contributed by atoms with Gasteiger partial charge in [0.2, 0.25) is 0 Å². The zero-order chi connectivity index (χ0) is 20.5. The highest BCUT2D eigenvalue weighted by molar-refractivity contribution is 5.96. The van der Waals surface area contributed by atoms with Crippen molar-refractivity contribution in [2.75, 3.05) is 18.0 Å². The number of halogens is 1. The van der Waals surface area contributed by atoms with Crippen LogP contribution < -0.4 is 10.6 Å². The Balaban J connectivity index is 1.54. The molecule has 1 aromatic carbocycles. The minimum Gasteiger partial charge on any atom is -0.364 e. The van der Waals surface area contributed by atoms with Crippen molar-refractivity contribution in [2.45, 2.75) is 20.0 Å². The van der Waals surface area contributed by atoms with Crippen molar-refractivity contribution in [3.8, 4) is 0 Å². The molecule has 1 saturated heterocycles. The van der Waals surface area contributed by atoms with Gasteiger partial charge in [0.05, 0.1) is 6.54 Å². The van der Waals surface area contributed by atoms with Gasteiger partial charge in [0.1, 0.15) is 23.5 Å². The summed E-state index contributed by atoms with van der Waals surface area (Å²) in [7, 11) is 0. The maximum atomic E-state index is 13.1. The van der Waals surface area contributed by atoms with E-state index in [-0.39, 0.29) is 24.1 Å². The minimum atomic E-state index is -0.653. The predicted octanol–water partition coefficient (Wildman–Crippen LogP) is 1.91. The Hall–Kier alpha value is -3.69. The predicted molar refractivity (Wildman–Crippen MR) is 101 cm³/mol. The minimum absolute atomic E-state index is 0.173. The normalized spacial score (nSPS) is 14.1. The van der Waals surface area contributed by atoms with Gasteiger partial charge in [0.15, 0.2) is 5.82 Å². The molecule has 0 atom stereocenters. The number of nitrogens with two attached hydrogens (primary N) is 1. The largest absolute Gasteiger partial charge is 0.364 e. The maximum absolute atomic E-state index is 13.1. The fourth-order valence-electron chi connectivity index (χ4n) is 3.21. The van der Waals surface area contributed by atoms with E-state index in [1.165, 1.54) is 34.0 Å². The Morgan fingerprint density at radius 1 is 1.24 bits per heavy atom. The smallest absolute Gasteiger partial charge is 0.326 e. The number of carbonyl (C=O) groups excluding carboxylic acids is 2. The molecule has 1 aliphatic rings. The quantitative estimate of drug-likeness (QED) is 0.682. The average Bonchev–Trinajstić information content (AvgIpc) is 3.38. The Kier molecular flexibility index (Phi) is 4.75. The zero-order valence-electron chi connectivity index (χ0n) is 15.7. The highest BCUT2D eigenvalue weighted by Crippen LogP contribution is 2.22. The van der Waals surface area contributed by atoms with Crippen molar-refractivity contribution < 1.29 is 18.5 Å². The van der Waals surface area contributed by atoms with Crippen LogP contribution in [0, 0.1) is 12.7 Å². The summed E-state index contributed by atoms with van der Waals surface area (Å²) in [4.78, 5) is 27.8. The Bertz CT molecular complexity index is 1060. The molecule has 1 fully saturated rings. The van der Waals surface area contributed by atoms with Gasteiger partial charge >= 0.3 is 6.03 Å². The van der Waals surface area contributed by atoms with Gasteiger partial charge in [-0.2, -0.15) is 5.10 Å². The molecule has 150 valence electrons. The second-order valence-electron chi connectivity index (χ2n) is 6.84. The molecule has 0 radical (unpaired) electrons. The molecule has 2 N–H and O–H groups in total. The molecular formula is C19H19FN6O3. The monoisotopic (exact) mass is 398 g/mol. The fourth-order valence-corrected chi connectivity index (χ4v) is 3.21. The fraction of sp³-hybridized carbons (Fsp3) is 0.263. The second kappa shape index (κ2) is 7.38. The first-order valence-corrected chi connectivity index (χ1v) is 9.01. The van der Waals surface area contributed by atoms with Crippen molar-refractivity contribution in [3.05, 3.63) is 64.9 Å². The maximum Gasteiger partial charge on any atom is 0.326 e. The lowest BCUT2D eigenvalue weighted by Crippen LogP contribution is -2.31. The van der Waals surface area contributed by atoms with Gasteiger partial charge in [-0.3, -0.25) is 14.4 Å². The van der Waals surface area contributed by atoms with Crippen molar-refractivity contribution in [3.63, 3.8) is 0 Å². The van der Waals surface area contributed by atoms with Gasteiger partial charge in [0.25, 0.3) is 5.91 Å². The number of hydrogen-bond donors (Lipinski definition) is 1. The topological polar surface area (TPSA) is 110 Å². The molecule has 0 spiro atoms. The summed E-state index contributed by atoms with van der Waals surface area (Å²) in [5.41, 5.74) is 7.92. The SMILES string of the molecule is Cc1conc1Cn1nc(N2CCN(Cc3ccc(F)cc3)C2=O)cc1C(N)=O. The van der Waals surface area contributed by atoms with Gasteiger partial charge < -0.3 is 15.2 Å². The highest BCUT2D eigenvalue weighted by atomic mass is 19.1. The Morgan fingerprint density at radius 3 is 2.66 bits per heavy atom. The van der Waals surface area contributed by atoms with Crippen LogP contribution in [0.4, 0.5) is 15.0 Å². The van der Waals surface area contributed by atoms with Gasteiger partial charge in [-0.25, -0.2) is 9.18 Å². The first kappa shape index (κ1) is 18.7. The summed E-state index contributed by atoms with van der Waals surface area (Å²) in [6, 6.07) is 7.27. The van der Waals surface area contributed by atoms with E-state index in [1.807, 2.05) is 6.92 Å². The number of aromatic nitrogens is 3. The number of amides is 3. The number of aryl methyl sites for hydroxylation is 1. The molecule has 0 aliphatic carbocycles. The number of benzene rings is 1. The molecule has 3 amide bonds. The number of anilines is 1. The molecule has 2 aromatic heterocycles. The van der Waals surface area contributed by atoms with E-state index in [0.29, 0.717) is 31.1 Å². The molecule has 10 heteroatoms. The average molecular weight is 398 g/mol. The third-order valence-corrected chi connectivity index (χ3v) is 4.82. The Morgan fingerprint density at radius 2 is 2.00 bits per heavy atom. The molecular weight excluding hydrogens is 379 g/mol. The van der Waals surface area contributed by atoms with E-state index < -0.39 is 5.91 Å². The lowest BCUT2D eigenvalue weighted by Gasteiger charge is -2.17. The summed E-state index contributed by atoms with van der Waals surface area (Å²) < 4.78 is 19.4.